The second-order valence-corrected chi connectivity index (χ2v) is 10.3. The maximum atomic E-state index is 12.6. The number of unbranched alkanes of at least 4 members (excludes halogenated alkanes) is 10. The summed E-state index contributed by atoms with van der Waals surface area (Å²) in [5.41, 5.74) is 0. The monoisotopic (exact) mass is 535 g/mol. The van der Waals surface area contributed by atoms with Crippen LogP contribution < -0.4 is 5.32 Å². The van der Waals surface area contributed by atoms with Crippen LogP contribution in [0, 0.1) is 0 Å². The highest BCUT2D eigenvalue weighted by molar-refractivity contribution is 5.80. The van der Waals surface area contributed by atoms with Gasteiger partial charge in [-0.15, -0.1) is 0 Å². The van der Waals surface area contributed by atoms with Crippen LogP contribution in [0.15, 0.2) is 0 Å². The minimum atomic E-state index is -1.59. The van der Waals surface area contributed by atoms with Gasteiger partial charge in [-0.3, -0.25) is 4.79 Å². The summed E-state index contributed by atoms with van der Waals surface area (Å²) in [5.74, 6) is -0.603. The molecule has 37 heavy (non-hydrogen) atoms. The van der Waals surface area contributed by atoms with Gasteiger partial charge in [0.1, 0.15) is 30.5 Å². The molecule has 10 heteroatoms. The Morgan fingerprint density at radius 1 is 0.811 bits per heavy atom. The molecule has 1 heterocycles. The predicted octanol–water partition coefficient (Wildman–Crippen LogP) is 1.51. The Hall–Kier alpha value is -0.850. The van der Waals surface area contributed by atoms with Crippen LogP contribution in [0.5, 0.6) is 0 Å². The third-order valence-corrected chi connectivity index (χ3v) is 7.07. The molecule has 1 aliphatic heterocycles. The van der Waals surface area contributed by atoms with Gasteiger partial charge in [-0.25, -0.2) is 0 Å². The third kappa shape index (κ3) is 13.2. The van der Waals surface area contributed by atoms with Crippen molar-refractivity contribution in [3.63, 3.8) is 0 Å². The van der Waals surface area contributed by atoms with Crippen molar-refractivity contribution in [3.05, 3.63) is 0 Å². The number of aliphatic hydroxyl groups excluding tert-OH is 6. The van der Waals surface area contributed by atoms with Crippen molar-refractivity contribution in [2.45, 2.75) is 153 Å². The topological polar surface area (TPSA) is 169 Å². The van der Waals surface area contributed by atoms with E-state index >= 15 is 0 Å². The molecule has 1 saturated heterocycles. The van der Waals surface area contributed by atoms with Gasteiger partial charge in [-0.1, -0.05) is 90.9 Å². The van der Waals surface area contributed by atoms with Crippen LogP contribution in [0.4, 0.5) is 0 Å². The number of hydrogen-bond acceptors (Lipinski definition) is 9. The molecule has 0 bridgehead atoms. The molecule has 1 amide bonds. The molecular formula is C27H53NO9. The lowest BCUT2D eigenvalue weighted by Gasteiger charge is -2.40. The average molecular weight is 536 g/mol. The molecule has 0 aliphatic carbocycles. The van der Waals surface area contributed by atoms with Crippen LogP contribution in [0.1, 0.15) is 104 Å². The van der Waals surface area contributed by atoms with E-state index in [9.17, 15) is 35.4 Å². The first-order valence-electron chi connectivity index (χ1n) is 14.3. The number of carbonyl (C=O) groups excluding carboxylic acids is 1. The summed E-state index contributed by atoms with van der Waals surface area (Å²) in [6.45, 7) is 3.34. The molecular weight excluding hydrogens is 482 g/mol. The van der Waals surface area contributed by atoms with E-state index in [0.29, 0.717) is 12.8 Å². The molecule has 0 saturated carbocycles. The third-order valence-electron chi connectivity index (χ3n) is 7.07. The van der Waals surface area contributed by atoms with E-state index in [0.717, 1.165) is 38.5 Å². The Morgan fingerprint density at radius 2 is 1.38 bits per heavy atom. The van der Waals surface area contributed by atoms with Gasteiger partial charge in [0.2, 0.25) is 5.91 Å². The van der Waals surface area contributed by atoms with E-state index in [1.807, 2.05) is 6.92 Å². The summed E-state index contributed by atoms with van der Waals surface area (Å²) in [6, 6.07) is -0.881. The summed E-state index contributed by atoms with van der Waals surface area (Å²) < 4.78 is 10.9. The van der Waals surface area contributed by atoms with Gasteiger partial charge < -0.3 is 45.4 Å². The SMILES string of the molecule is CCCCCCCCCCCC[C@H](O)C(=O)N[C@@H](COC1OC(CO)C(O)C(O)C1O)[C@H](O)CCCC. The number of rotatable bonds is 21. The van der Waals surface area contributed by atoms with Gasteiger partial charge >= 0.3 is 0 Å². The molecule has 0 spiro atoms. The summed E-state index contributed by atoms with van der Waals surface area (Å²) in [4.78, 5) is 12.6. The van der Waals surface area contributed by atoms with Crippen LogP contribution >= 0.6 is 0 Å². The highest BCUT2D eigenvalue weighted by Crippen LogP contribution is 2.22. The molecule has 8 atom stereocenters. The maximum Gasteiger partial charge on any atom is 0.249 e. The standard InChI is InChI=1S/C27H53NO9/c1-3-5-7-8-9-10-11-12-13-14-16-21(31)26(35)28-19(20(30)15-6-4-2)18-36-27-25(34)24(33)23(32)22(17-29)37-27/h19-25,27,29-34H,3-18H2,1-2H3,(H,28,35)/t19-,20+,21-,22?,23?,24?,25?,27?/m0/s1. The number of nitrogens with one attached hydrogen (secondary N) is 1. The van der Waals surface area contributed by atoms with Crippen molar-refractivity contribution in [2.24, 2.45) is 0 Å². The fraction of sp³-hybridized carbons (Fsp3) is 0.963. The fourth-order valence-corrected chi connectivity index (χ4v) is 4.50. The van der Waals surface area contributed by atoms with E-state index in [-0.39, 0.29) is 6.61 Å². The molecule has 10 nitrogen and oxygen atoms in total. The van der Waals surface area contributed by atoms with Crippen LogP contribution in [-0.4, -0.2) is 98.7 Å². The highest BCUT2D eigenvalue weighted by atomic mass is 16.7. The Labute approximate surface area is 222 Å². The predicted molar refractivity (Wildman–Crippen MR) is 140 cm³/mol. The first-order valence-corrected chi connectivity index (χ1v) is 14.3. The van der Waals surface area contributed by atoms with Gasteiger partial charge in [0.25, 0.3) is 0 Å². The maximum absolute atomic E-state index is 12.6. The number of amides is 1. The Balaban J connectivity index is 2.48. The molecule has 1 fully saturated rings. The van der Waals surface area contributed by atoms with Gasteiger partial charge in [-0.2, -0.15) is 0 Å². The number of carbonyl (C=O) groups is 1. The van der Waals surface area contributed by atoms with E-state index < -0.39 is 61.5 Å². The fourth-order valence-electron chi connectivity index (χ4n) is 4.50. The lowest BCUT2D eigenvalue weighted by Crippen LogP contribution is -2.60. The zero-order valence-electron chi connectivity index (χ0n) is 22.8. The lowest BCUT2D eigenvalue weighted by atomic mass is 9.99. The molecule has 1 aliphatic rings. The summed E-state index contributed by atoms with van der Waals surface area (Å²) in [5, 5.41) is 63.0. The van der Waals surface area contributed by atoms with Crippen LogP contribution in [0.25, 0.3) is 0 Å². The van der Waals surface area contributed by atoms with Crippen molar-refractivity contribution in [3.8, 4) is 0 Å². The van der Waals surface area contributed by atoms with Crippen LogP contribution in [0.3, 0.4) is 0 Å². The van der Waals surface area contributed by atoms with E-state index in [4.69, 9.17) is 9.47 Å². The number of ether oxygens (including phenoxy) is 2. The van der Waals surface area contributed by atoms with E-state index in [1.54, 1.807) is 0 Å². The number of aliphatic hydroxyl groups is 6. The Morgan fingerprint density at radius 3 is 1.95 bits per heavy atom. The zero-order valence-corrected chi connectivity index (χ0v) is 22.8. The quantitative estimate of drug-likeness (QED) is 0.108. The average Bonchev–Trinajstić information content (AvgIpc) is 2.89. The minimum Gasteiger partial charge on any atom is -0.394 e. The Kier molecular flexibility index (Phi) is 18.6. The lowest BCUT2D eigenvalue weighted by molar-refractivity contribution is -0.302. The molecule has 0 radical (unpaired) electrons. The van der Waals surface area contributed by atoms with Gasteiger partial charge in [-0.05, 0) is 12.8 Å². The normalized spacial score (nSPS) is 26.5. The van der Waals surface area contributed by atoms with E-state index in [1.165, 1.54) is 38.5 Å². The molecule has 1 rings (SSSR count). The Bertz CT molecular complexity index is 580. The van der Waals surface area contributed by atoms with Crippen molar-refractivity contribution in [1.82, 2.24) is 5.32 Å². The first-order chi connectivity index (χ1) is 17.8. The minimum absolute atomic E-state index is 0.260. The molecule has 0 aromatic rings. The smallest absolute Gasteiger partial charge is 0.249 e. The molecule has 5 unspecified atom stereocenters. The van der Waals surface area contributed by atoms with Crippen LogP contribution in [-0.2, 0) is 14.3 Å². The molecule has 220 valence electrons. The second kappa shape index (κ2) is 20.1. The number of hydrogen-bond donors (Lipinski definition) is 7. The molecule has 0 aromatic heterocycles. The van der Waals surface area contributed by atoms with Crippen molar-refractivity contribution in [1.29, 1.82) is 0 Å². The van der Waals surface area contributed by atoms with Crippen molar-refractivity contribution < 1.29 is 44.9 Å². The van der Waals surface area contributed by atoms with Gasteiger partial charge in [0.05, 0.1) is 25.4 Å². The molecule has 7 N–H and O–H groups in total. The first kappa shape index (κ1) is 34.2. The van der Waals surface area contributed by atoms with Gasteiger partial charge in [0.15, 0.2) is 6.29 Å². The second-order valence-electron chi connectivity index (χ2n) is 10.3. The van der Waals surface area contributed by atoms with Gasteiger partial charge in [0, 0.05) is 0 Å². The van der Waals surface area contributed by atoms with Crippen molar-refractivity contribution >= 4 is 5.91 Å². The highest BCUT2D eigenvalue weighted by Gasteiger charge is 2.44. The summed E-state index contributed by atoms with van der Waals surface area (Å²) in [6.07, 6.45) is 4.49. The van der Waals surface area contributed by atoms with Crippen molar-refractivity contribution in [2.75, 3.05) is 13.2 Å². The molecule has 0 aromatic carbocycles. The summed E-state index contributed by atoms with van der Waals surface area (Å²) in [7, 11) is 0. The van der Waals surface area contributed by atoms with E-state index in [2.05, 4.69) is 12.2 Å². The summed E-state index contributed by atoms with van der Waals surface area (Å²) >= 11 is 0. The van der Waals surface area contributed by atoms with Crippen LogP contribution in [0.2, 0.25) is 0 Å². The zero-order chi connectivity index (χ0) is 27.6. The largest absolute Gasteiger partial charge is 0.394 e.